The van der Waals surface area contributed by atoms with Crippen molar-refractivity contribution in [2.45, 2.75) is 55.9 Å². The third-order valence-corrected chi connectivity index (χ3v) is 7.29. The molecule has 7 heteroatoms. The molecule has 1 aromatic carbocycles. The van der Waals surface area contributed by atoms with Crippen molar-refractivity contribution in [2.75, 3.05) is 26.0 Å². The summed E-state index contributed by atoms with van der Waals surface area (Å²) in [7, 11) is 0.486. The third-order valence-electron chi connectivity index (χ3n) is 5.89. The topological polar surface area (TPSA) is 78.5 Å². The van der Waals surface area contributed by atoms with Gasteiger partial charge in [0.25, 0.3) is 0 Å². The fourth-order valence-electron chi connectivity index (χ4n) is 4.20. The van der Waals surface area contributed by atoms with Crippen LogP contribution in [0.5, 0.6) is 0 Å². The molecule has 1 amide bonds. The first kappa shape index (κ1) is 19.3. The summed E-state index contributed by atoms with van der Waals surface area (Å²) in [6.45, 7) is 2.66. The molecule has 2 aliphatic rings. The molecular formula is C19H29N3O3S. The van der Waals surface area contributed by atoms with Gasteiger partial charge in [-0.25, -0.2) is 13.1 Å². The second-order valence-corrected chi connectivity index (χ2v) is 9.78. The summed E-state index contributed by atoms with van der Waals surface area (Å²) >= 11 is 0. The average Bonchev–Trinajstić information content (AvgIpc) is 2.59. The second kappa shape index (κ2) is 7.29. The Labute approximate surface area is 156 Å². The number of carbonyl (C=O) groups excluding carboxylic acids is 1. The number of likely N-dealkylation sites (N-methyl/N-ethyl adjacent to an activating group) is 1. The van der Waals surface area contributed by atoms with Gasteiger partial charge in [0.2, 0.25) is 15.9 Å². The maximum absolute atomic E-state index is 12.9. The van der Waals surface area contributed by atoms with Crippen LogP contribution in [0.15, 0.2) is 23.1 Å². The number of carbonyl (C=O) groups is 1. The number of benzene rings is 1. The van der Waals surface area contributed by atoms with Gasteiger partial charge in [-0.15, -0.1) is 0 Å². The number of sulfonamides is 1. The number of nitrogens with one attached hydrogen (secondary N) is 2. The smallest absolute Gasteiger partial charge is 0.240 e. The zero-order chi connectivity index (χ0) is 18.9. The van der Waals surface area contributed by atoms with E-state index >= 15 is 0 Å². The van der Waals surface area contributed by atoms with Crippen molar-refractivity contribution < 1.29 is 13.2 Å². The normalized spacial score (nSPS) is 26.5. The van der Waals surface area contributed by atoms with Crippen LogP contribution in [0.3, 0.4) is 0 Å². The van der Waals surface area contributed by atoms with Crippen molar-refractivity contribution in [1.82, 2.24) is 9.62 Å². The Hall–Kier alpha value is -1.44. The molecule has 6 nitrogen and oxygen atoms in total. The van der Waals surface area contributed by atoms with Crippen LogP contribution in [-0.2, 0) is 21.2 Å². The lowest BCUT2D eigenvalue weighted by molar-refractivity contribution is -0.116. The van der Waals surface area contributed by atoms with E-state index in [-0.39, 0.29) is 16.3 Å². The molecule has 1 heterocycles. The fourth-order valence-corrected chi connectivity index (χ4v) is 5.37. The Morgan fingerprint density at radius 3 is 2.77 bits per heavy atom. The lowest BCUT2D eigenvalue weighted by atomic mass is 9.75. The van der Waals surface area contributed by atoms with E-state index in [9.17, 15) is 13.2 Å². The molecule has 0 radical (unpaired) electrons. The molecule has 1 fully saturated rings. The van der Waals surface area contributed by atoms with E-state index in [0.717, 1.165) is 24.8 Å². The minimum atomic E-state index is -3.59. The summed E-state index contributed by atoms with van der Waals surface area (Å²) in [5.41, 5.74) is 1.46. The van der Waals surface area contributed by atoms with E-state index in [0.29, 0.717) is 31.0 Å². The minimum Gasteiger partial charge on any atom is -0.326 e. The number of anilines is 1. The first-order valence-corrected chi connectivity index (χ1v) is 10.8. The van der Waals surface area contributed by atoms with Crippen molar-refractivity contribution in [2.24, 2.45) is 5.92 Å². The molecule has 0 bridgehead atoms. The number of fused-ring (bicyclic) bond motifs is 1. The highest BCUT2D eigenvalue weighted by Gasteiger charge is 2.38. The SMILES string of the molecule is C[C@H]1CCC[C@](CNS(=O)(=O)c2ccc3c(c2)CCC(=O)N3)(N(C)C)C1. The highest BCUT2D eigenvalue weighted by molar-refractivity contribution is 7.89. The van der Waals surface area contributed by atoms with Crippen molar-refractivity contribution >= 4 is 21.6 Å². The first-order chi connectivity index (χ1) is 12.2. The molecule has 0 unspecified atom stereocenters. The zero-order valence-electron chi connectivity index (χ0n) is 15.8. The summed E-state index contributed by atoms with van der Waals surface area (Å²) in [6.07, 6.45) is 5.30. The van der Waals surface area contributed by atoms with E-state index < -0.39 is 10.0 Å². The van der Waals surface area contributed by atoms with Gasteiger partial charge in [0.05, 0.1) is 4.90 Å². The summed E-state index contributed by atoms with van der Waals surface area (Å²) in [5.74, 6) is 0.577. The van der Waals surface area contributed by atoms with Crippen LogP contribution in [0.25, 0.3) is 0 Å². The van der Waals surface area contributed by atoms with Gasteiger partial charge < -0.3 is 10.2 Å². The maximum atomic E-state index is 12.9. The van der Waals surface area contributed by atoms with Gasteiger partial charge in [-0.05, 0) is 63.0 Å². The molecule has 0 aromatic heterocycles. The molecule has 1 aliphatic carbocycles. The van der Waals surface area contributed by atoms with Crippen LogP contribution in [-0.4, -0.2) is 45.4 Å². The quantitative estimate of drug-likeness (QED) is 0.823. The molecule has 26 heavy (non-hydrogen) atoms. The average molecular weight is 380 g/mol. The van der Waals surface area contributed by atoms with Gasteiger partial charge >= 0.3 is 0 Å². The van der Waals surface area contributed by atoms with Crippen LogP contribution < -0.4 is 10.0 Å². The second-order valence-electron chi connectivity index (χ2n) is 8.01. The van der Waals surface area contributed by atoms with Crippen LogP contribution in [0.2, 0.25) is 0 Å². The molecule has 2 N–H and O–H groups in total. The minimum absolute atomic E-state index is 0.0226. The van der Waals surface area contributed by atoms with Gasteiger partial charge in [-0.1, -0.05) is 19.8 Å². The Kier molecular flexibility index (Phi) is 5.42. The first-order valence-electron chi connectivity index (χ1n) is 9.32. The van der Waals surface area contributed by atoms with E-state index in [4.69, 9.17) is 0 Å². The van der Waals surface area contributed by atoms with Crippen LogP contribution in [0, 0.1) is 5.92 Å². The molecule has 1 aliphatic heterocycles. The number of nitrogens with zero attached hydrogens (tertiary/aromatic N) is 1. The Balaban J connectivity index is 1.77. The lowest BCUT2D eigenvalue weighted by Gasteiger charge is -2.45. The number of hydrogen-bond acceptors (Lipinski definition) is 4. The molecule has 3 rings (SSSR count). The maximum Gasteiger partial charge on any atom is 0.240 e. The largest absolute Gasteiger partial charge is 0.326 e. The number of amides is 1. The molecule has 1 aromatic rings. The van der Waals surface area contributed by atoms with Crippen molar-refractivity contribution in [3.05, 3.63) is 23.8 Å². The fraction of sp³-hybridized carbons (Fsp3) is 0.632. The van der Waals surface area contributed by atoms with Gasteiger partial charge in [0.15, 0.2) is 0 Å². The van der Waals surface area contributed by atoms with Gasteiger partial charge in [0.1, 0.15) is 0 Å². The van der Waals surface area contributed by atoms with Gasteiger partial charge in [0, 0.05) is 24.2 Å². The van der Waals surface area contributed by atoms with E-state index in [1.165, 1.54) is 6.42 Å². The summed E-state index contributed by atoms with van der Waals surface area (Å²) in [6, 6.07) is 4.94. The van der Waals surface area contributed by atoms with Crippen molar-refractivity contribution in [1.29, 1.82) is 0 Å². The van der Waals surface area contributed by atoms with Gasteiger partial charge in [-0.3, -0.25) is 4.79 Å². The molecule has 0 saturated heterocycles. The lowest BCUT2D eigenvalue weighted by Crippen LogP contribution is -2.55. The van der Waals surface area contributed by atoms with Crippen LogP contribution in [0.4, 0.5) is 5.69 Å². The highest BCUT2D eigenvalue weighted by atomic mass is 32.2. The van der Waals surface area contributed by atoms with Crippen molar-refractivity contribution in [3.8, 4) is 0 Å². The zero-order valence-corrected chi connectivity index (χ0v) is 16.7. The molecule has 0 spiro atoms. The Morgan fingerprint density at radius 1 is 1.31 bits per heavy atom. The summed E-state index contributed by atoms with van der Waals surface area (Å²) in [5, 5.41) is 2.79. The third kappa shape index (κ3) is 3.94. The van der Waals surface area contributed by atoms with E-state index in [1.54, 1.807) is 18.2 Å². The Bertz CT molecular complexity index is 791. The predicted octanol–water partition coefficient (Wildman–Crippen LogP) is 2.36. The molecule has 144 valence electrons. The van der Waals surface area contributed by atoms with Crippen LogP contribution >= 0.6 is 0 Å². The standard InChI is InChI=1S/C19H29N3O3S/c1-14-5-4-10-19(12-14,22(2)3)13-20-26(24,25)16-7-8-17-15(11-16)6-9-18(23)21-17/h7-8,11,14,20H,4-6,9-10,12-13H2,1-3H3,(H,21,23)/t14-,19-/m0/s1. The molecule has 2 atom stereocenters. The number of hydrogen-bond donors (Lipinski definition) is 2. The van der Waals surface area contributed by atoms with Crippen molar-refractivity contribution in [3.63, 3.8) is 0 Å². The monoisotopic (exact) mass is 379 g/mol. The van der Waals surface area contributed by atoms with Crippen LogP contribution in [0.1, 0.15) is 44.6 Å². The summed E-state index contributed by atoms with van der Waals surface area (Å²) in [4.78, 5) is 13.9. The number of aryl methyl sites for hydroxylation is 1. The highest BCUT2D eigenvalue weighted by Crippen LogP contribution is 2.35. The molecule has 1 saturated carbocycles. The Morgan fingerprint density at radius 2 is 2.08 bits per heavy atom. The van der Waals surface area contributed by atoms with E-state index in [1.807, 2.05) is 14.1 Å². The number of rotatable bonds is 5. The van der Waals surface area contributed by atoms with Gasteiger partial charge in [-0.2, -0.15) is 0 Å². The predicted molar refractivity (Wildman–Crippen MR) is 103 cm³/mol. The van der Waals surface area contributed by atoms with E-state index in [2.05, 4.69) is 21.9 Å². The molecular weight excluding hydrogens is 350 g/mol. The summed E-state index contributed by atoms with van der Waals surface area (Å²) < 4.78 is 28.6.